The first-order valence-electron chi connectivity index (χ1n) is 7.83. The number of carbonyl (C=O) groups is 1. The van der Waals surface area contributed by atoms with Crippen LogP contribution in [0.5, 0.6) is 0 Å². The minimum absolute atomic E-state index is 0.201. The minimum Gasteiger partial charge on any atom is -0.306 e. The van der Waals surface area contributed by atoms with E-state index in [9.17, 15) is 9.18 Å². The summed E-state index contributed by atoms with van der Waals surface area (Å²) in [6, 6.07) is 10.2. The summed E-state index contributed by atoms with van der Waals surface area (Å²) in [6.45, 7) is 0.554. The fourth-order valence-corrected chi connectivity index (χ4v) is 4.42. The largest absolute Gasteiger partial charge is 0.306 e. The van der Waals surface area contributed by atoms with Crippen LogP contribution < -0.4 is 4.90 Å². The van der Waals surface area contributed by atoms with Gasteiger partial charge in [0.2, 0.25) is 0 Å². The Bertz CT molecular complexity index is 914. The van der Waals surface area contributed by atoms with Gasteiger partial charge in [-0.15, -0.1) is 23.1 Å². The summed E-state index contributed by atoms with van der Waals surface area (Å²) in [5.74, 6) is 0.359. The Morgan fingerprint density at radius 2 is 2.16 bits per heavy atom. The van der Waals surface area contributed by atoms with Crippen LogP contribution in [0.3, 0.4) is 0 Å². The molecule has 0 bridgehead atoms. The van der Waals surface area contributed by atoms with Crippen molar-refractivity contribution in [3.8, 4) is 10.7 Å². The zero-order valence-corrected chi connectivity index (χ0v) is 14.8. The van der Waals surface area contributed by atoms with Crippen LogP contribution in [0.25, 0.3) is 10.7 Å². The maximum absolute atomic E-state index is 13.7. The van der Waals surface area contributed by atoms with E-state index in [0.717, 1.165) is 22.8 Å². The number of fused-ring (bicyclic) bond motifs is 1. The first-order valence-corrected chi connectivity index (χ1v) is 9.70. The predicted octanol–water partition coefficient (Wildman–Crippen LogP) is 4.49. The van der Waals surface area contributed by atoms with Crippen LogP contribution in [0.15, 0.2) is 52.9 Å². The average molecular weight is 371 g/mol. The van der Waals surface area contributed by atoms with E-state index >= 15 is 0 Å². The van der Waals surface area contributed by atoms with E-state index in [0.29, 0.717) is 22.9 Å². The number of thioether (sulfide) groups is 1. The molecular formula is C18H14FN3OS2. The molecule has 0 atom stereocenters. The van der Waals surface area contributed by atoms with Crippen LogP contribution in [-0.2, 0) is 0 Å². The SMILES string of the molecule is O=C(c1csc(-c2ccccn2)n1)N1CCCSc2ccc(F)cc21. The quantitative estimate of drug-likeness (QED) is 0.666. The van der Waals surface area contributed by atoms with Crippen molar-refractivity contribution in [1.29, 1.82) is 0 Å². The average Bonchev–Trinajstić information content (AvgIpc) is 3.04. The number of hydrogen-bond acceptors (Lipinski definition) is 5. The third-order valence-corrected chi connectivity index (χ3v) is 5.86. The van der Waals surface area contributed by atoms with E-state index in [1.807, 2.05) is 18.2 Å². The monoisotopic (exact) mass is 371 g/mol. The Morgan fingerprint density at radius 1 is 1.24 bits per heavy atom. The van der Waals surface area contributed by atoms with Gasteiger partial charge in [-0.3, -0.25) is 9.78 Å². The summed E-state index contributed by atoms with van der Waals surface area (Å²) in [7, 11) is 0. The van der Waals surface area contributed by atoms with Crippen molar-refractivity contribution in [2.45, 2.75) is 11.3 Å². The highest BCUT2D eigenvalue weighted by molar-refractivity contribution is 7.99. The van der Waals surface area contributed by atoms with Crippen molar-refractivity contribution in [3.05, 3.63) is 59.5 Å². The van der Waals surface area contributed by atoms with Gasteiger partial charge in [0, 0.05) is 23.0 Å². The molecule has 0 N–H and O–H groups in total. The number of thiazole rings is 1. The third-order valence-electron chi connectivity index (χ3n) is 3.85. The van der Waals surface area contributed by atoms with Crippen LogP contribution >= 0.6 is 23.1 Å². The number of halogens is 1. The van der Waals surface area contributed by atoms with E-state index < -0.39 is 0 Å². The molecule has 4 nitrogen and oxygen atoms in total. The highest BCUT2D eigenvalue weighted by atomic mass is 32.2. The fourth-order valence-electron chi connectivity index (χ4n) is 2.68. The molecule has 1 aliphatic rings. The number of aromatic nitrogens is 2. The van der Waals surface area contributed by atoms with Gasteiger partial charge in [-0.25, -0.2) is 9.37 Å². The molecule has 2 aromatic heterocycles. The minimum atomic E-state index is -0.341. The lowest BCUT2D eigenvalue weighted by Crippen LogP contribution is -2.32. The van der Waals surface area contributed by atoms with Crippen molar-refractivity contribution < 1.29 is 9.18 Å². The molecule has 1 aromatic carbocycles. The molecule has 0 saturated carbocycles. The number of amides is 1. The molecule has 4 rings (SSSR count). The molecule has 0 unspecified atom stereocenters. The molecule has 0 aliphatic carbocycles. The van der Waals surface area contributed by atoms with Gasteiger partial charge in [-0.05, 0) is 42.5 Å². The van der Waals surface area contributed by atoms with Gasteiger partial charge in [0.05, 0.1) is 11.4 Å². The van der Waals surface area contributed by atoms with Gasteiger partial charge in [-0.1, -0.05) is 6.07 Å². The van der Waals surface area contributed by atoms with Gasteiger partial charge in [0.1, 0.15) is 16.5 Å². The second-order valence-corrected chi connectivity index (χ2v) is 7.52. The molecule has 3 heterocycles. The summed E-state index contributed by atoms with van der Waals surface area (Å²) in [5, 5.41) is 2.44. The number of carbonyl (C=O) groups excluding carboxylic acids is 1. The van der Waals surface area contributed by atoms with E-state index in [1.165, 1.54) is 23.5 Å². The molecule has 7 heteroatoms. The zero-order valence-electron chi connectivity index (χ0n) is 13.2. The first-order chi connectivity index (χ1) is 12.2. The molecule has 1 amide bonds. The Morgan fingerprint density at radius 3 is 3.00 bits per heavy atom. The van der Waals surface area contributed by atoms with Crippen LogP contribution in [0.1, 0.15) is 16.9 Å². The molecule has 0 fully saturated rings. The van der Waals surface area contributed by atoms with Crippen LogP contribution in [0.2, 0.25) is 0 Å². The number of hydrogen-bond donors (Lipinski definition) is 0. The summed E-state index contributed by atoms with van der Waals surface area (Å²) in [4.78, 5) is 24.3. The van der Waals surface area contributed by atoms with E-state index in [4.69, 9.17) is 0 Å². The molecule has 1 aliphatic heterocycles. The van der Waals surface area contributed by atoms with Gasteiger partial charge in [0.25, 0.3) is 5.91 Å². The second kappa shape index (κ2) is 6.93. The van der Waals surface area contributed by atoms with Crippen molar-refractivity contribution >= 4 is 34.7 Å². The van der Waals surface area contributed by atoms with Gasteiger partial charge < -0.3 is 4.90 Å². The fraction of sp³-hybridized carbons (Fsp3) is 0.167. The summed E-state index contributed by atoms with van der Waals surface area (Å²) in [5.41, 5.74) is 1.73. The van der Waals surface area contributed by atoms with Crippen molar-refractivity contribution in [1.82, 2.24) is 9.97 Å². The Kier molecular flexibility index (Phi) is 4.50. The Balaban J connectivity index is 1.68. The normalized spacial score (nSPS) is 14.0. The topological polar surface area (TPSA) is 46.1 Å². The lowest BCUT2D eigenvalue weighted by atomic mass is 10.2. The Labute approximate surface area is 152 Å². The predicted molar refractivity (Wildman–Crippen MR) is 98.8 cm³/mol. The van der Waals surface area contributed by atoms with Crippen molar-refractivity contribution in [2.24, 2.45) is 0 Å². The maximum atomic E-state index is 13.7. The highest BCUT2D eigenvalue weighted by Gasteiger charge is 2.25. The van der Waals surface area contributed by atoms with E-state index in [2.05, 4.69) is 9.97 Å². The second-order valence-electron chi connectivity index (χ2n) is 5.52. The smallest absolute Gasteiger partial charge is 0.277 e. The molecule has 0 radical (unpaired) electrons. The van der Waals surface area contributed by atoms with Crippen molar-refractivity contribution in [3.63, 3.8) is 0 Å². The number of benzene rings is 1. The summed E-state index contributed by atoms with van der Waals surface area (Å²) >= 11 is 3.03. The maximum Gasteiger partial charge on any atom is 0.277 e. The molecule has 25 heavy (non-hydrogen) atoms. The van der Waals surface area contributed by atoms with E-state index in [1.54, 1.807) is 34.3 Å². The van der Waals surface area contributed by atoms with Gasteiger partial charge >= 0.3 is 0 Å². The number of nitrogens with zero attached hydrogens (tertiary/aromatic N) is 3. The molecular weight excluding hydrogens is 357 g/mol. The van der Waals surface area contributed by atoms with Crippen LogP contribution in [0, 0.1) is 5.82 Å². The number of anilines is 1. The highest BCUT2D eigenvalue weighted by Crippen LogP contribution is 2.35. The molecule has 126 valence electrons. The molecule has 3 aromatic rings. The third kappa shape index (κ3) is 3.29. The number of pyridine rings is 1. The molecule has 0 saturated heterocycles. The number of rotatable bonds is 2. The zero-order chi connectivity index (χ0) is 17.2. The first kappa shape index (κ1) is 16.2. The standard InChI is InChI=1S/C18H14FN3OS2/c19-12-5-6-16-15(10-12)22(8-3-9-24-16)18(23)14-11-25-17(21-14)13-4-1-2-7-20-13/h1-2,4-7,10-11H,3,8-9H2. The van der Waals surface area contributed by atoms with E-state index in [-0.39, 0.29) is 11.7 Å². The lowest BCUT2D eigenvalue weighted by molar-refractivity contribution is 0.0982. The van der Waals surface area contributed by atoms with Gasteiger partial charge in [-0.2, -0.15) is 0 Å². The van der Waals surface area contributed by atoms with Crippen LogP contribution in [0.4, 0.5) is 10.1 Å². The lowest BCUT2D eigenvalue weighted by Gasteiger charge is -2.21. The van der Waals surface area contributed by atoms with Crippen LogP contribution in [-0.4, -0.2) is 28.2 Å². The molecule has 0 spiro atoms. The summed E-state index contributed by atoms with van der Waals surface area (Å²) < 4.78 is 13.7. The van der Waals surface area contributed by atoms with Crippen molar-refractivity contribution in [2.75, 3.05) is 17.2 Å². The summed E-state index contributed by atoms with van der Waals surface area (Å²) in [6.07, 6.45) is 2.55. The van der Waals surface area contributed by atoms with Gasteiger partial charge in [0.15, 0.2) is 0 Å². The Hall–Kier alpha value is -2.25.